The standard InChI is InChI=1S/C14H9Cl2NO2/c15-11-6-7-12(13(16)14(11)17-9-18)19-8-10-4-2-1-3-5-10/h1-7H,8H2. The Morgan fingerprint density at radius 1 is 1.11 bits per heavy atom. The summed E-state index contributed by atoms with van der Waals surface area (Å²) in [6.07, 6.45) is 1.42. The predicted octanol–water partition coefficient (Wildman–Crippen LogP) is 4.54. The number of ether oxygens (including phenoxy) is 1. The Bertz CT molecular complexity index is 623. The molecule has 3 nitrogen and oxygen atoms in total. The highest BCUT2D eigenvalue weighted by atomic mass is 35.5. The van der Waals surface area contributed by atoms with Crippen molar-refractivity contribution in [1.82, 2.24) is 0 Å². The summed E-state index contributed by atoms with van der Waals surface area (Å²) in [6.45, 7) is 0.367. The molecule has 0 aliphatic rings. The number of benzene rings is 2. The zero-order chi connectivity index (χ0) is 13.7. The van der Waals surface area contributed by atoms with Gasteiger partial charge in [0, 0.05) is 0 Å². The molecule has 0 saturated heterocycles. The molecule has 0 atom stereocenters. The SMILES string of the molecule is O=C=Nc1c(Cl)ccc(OCc2ccccc2)c1Cl. The minimum absolute atomic E-state index is 0.170. The van der Waals surface area contributed by atoms with Gasteiger partial charge in [0.2, 0.25) is 6.08 Å². The van der Waals surface area contributed by atoms with Crippen LogP contribution in [0.15, 0.2) is 47.5 Å². The molecular weight excluding hydrogens is 285 g/mol. The number of halogens is 2. The van der Waals surface area contributed by atoms with Crippen molar-refractivity contribution in [2.24, 2.45) is 4.99 Å². The lowest BCUT2D eigenvalue weighted by atomic mass is 10.2. The lowest BCUT2D eigenvalue weighted by molar-refractivity contribution is 0.306. The molecule has 2 aromatic rings. The molecule has 19 heavy (non-hydrogen) atoms. The van der Waals surface area contributed by atoms with Gasteiger partial charge in [-0.05, 0) is 17.7 Å². The van der Waals surface area contributed by atoms with Crippen LogP contribution in [0.5, 0.6) is 5.75 Å². The first-order chi connectivity index (χ1) is 9.22. The largest absolute Gasteiger partial charge is 0.487 e. The highest BCUT2D eigenvalue weighted by molar-refractivity contribution is 6.39. The first-order valence-electron chi connectivity index (χ1n) is 5.45. The molecule has 0 radical (unpaired) electrons. The zero-order valence-electron chi connectivity index (χ0n) is 9.77. The molecule has 0 fully saturated rings. The molecule has 5 heteroatoms. The Morgan fingerprint density at radius 3 is 2.53 bits per heavy atom. The van der Waals surface area contributed by atoms with E-state index < -0.39 is 0 Å². The van der Waals surface area contributed by atoms with Gasteiger partial charge in [-0.25, -0.2) is 4.79 Å². The highest BCUT2D eigenvalue weighted by Gasteiger charge is 2.11. The summed E-state index contributed by atoms with van der Waals surface area (Å²) in [5.74, 6) is 0.420. The van der Waals surface area contributed by atoms with Gasteiger partial charge in [0.05, 0.1) is 5.02 Å². The van der Waals surface area contributed by atoms with Crippen molar-refractivity contribution in [3.05, 3.63) is 58.1 Å². The van der Waals surface area contributed by atoms with Crippen molar-refractivity contribution in [3.8, 4) is 5.75 Å². The van der Waals surface area contributed by atoms with E-state index >= 15 is 0 Å². The van der Waals surface area contributed by atoms with E-state index in [0.717, 1.165) is 5.56 Å². The molecule has 0 aliphatic heterocycles. The molecule has 0 aromatic heterocycles. The molecule has 0 aliphatic carbocycles. The quantitative estimate of drug-likeness (QED) is 0.613. The van der Waals surface area contributed by atoms with Crippen LogP contribution >= 0.6 is 23.2 Å². The third-order valence-electron chi connectivity index (χ3n) is 2.43. The van der Waals surface area contributed by atoms with Crippen molar-refractivity contribution >= 4 is 35.0 Å². The lowest BCUT2D eigenvalue weighted by Gasteiger charge is -2.10. The molecule has 0 heterocycles. The molecular formula is C14H9Cl2NO2. The summed E-state index contributed by atoms with van der Waals surface area (Å²) in [6, 6.07) is 12.9. The number of hydrogen-bond acceptors (Lipinski definition) is 3. The number of isocyanates is 1. The molecule has 0 spiro atoms. The van der Waals surface area contributed by atoms with Crippen LogP contribution in [0.3, 0.4) is 0 Å². The van der Waals surface area contributed by atoms with Crippen LogP contribution in [0.1, 0.15) is 5.56 Å². The molecule has 0 saturated carbocycles. The van der Waals surface area contributed by atoms with Crippen LogP contribution in [0.4, 0.5) is 5.69 Å². The van der Waals surface area contributed by atoms with E-state index in [-0.39, 0.29) is 15.7 Å². The van der Waals surface area contributed by atoms with Gasteiger partial charge in [-0.3, -0.25) is 0 Å². The predicted molar refractivity (Wildman–Crippen MR) is 75.0 cm³/mol. The summed E-state index contributed by atoms with van der Waals surface area (Å²) < 4.78 is 5.58. The summed E-state index contributed by atoms with van der Waals surface area (Å²) in [4.78, 5) is 13.8. The fourth-order valence-electron chi connectivity index (χ4n) is 1.52. The molecule has 0 unspecified atom stereocenters. The molecule has 96 valence electrons. The van der Waals surface area contributed by atoms with E-state index in [4.69, 9.17) is 27.9 Å². The van der Waals surface area contributed by atoms with Gasteiger partial charge in [0.1, 0.15) is 23.1 Å². The van der Waals surface area contributed by atoms with Gasteiger partial charge in [-0.1, -0.05) is 53.5 Å². The van der Waals surface area contributed by atoms with Crippen LogP contribution in [0.25, 0.3) is 0 Å². The van der Waals surface area contributed by atoms with Gasteiger partial charge in [-0.15, -0.1) is 0 Å². The average molecular weight is 294 g/mol. The minimum atomic E-state index is 0.170. The maximum atomic E-state index is 10.3. The highest BCUT2D eigenvalue weighted by Crippen LogP contribution is 2.39. The van der Waals surface area contributed by atoms with Gasteiger partial charge >= 0.3 is 0 Å². The van der Waals surface area contributed by atoms with E-state index in [1.165, 1.54) is 6.08 Å². The maximum Gasteiger partial charge on any atom is 0.240 e. The Balaban J connectivity index is 2.22. The van der Waals surface area contributed by atoms with Crippen LogP contribution in [-0.4, -0.2) is 6.08 Å². The van der Waals surface area contributed by atoms with Gasteiger partial charge in [0.25, 0.3) is 0 Å². The number of nitrogens with zero attached hydrogens (tertiary/aromatic N) is 1. The van der Waals surface area contributed by atoms with Gasteiger partial charge < -0.3 is 4.74 Å². The first kappa shape index (κ1) is 13.6. The number of aliphatic imine (C=N–C) groups is 1. The third kappa shape index (κ3) is 3.36. The van der Waals surface area contributed by atoms with Crippen LogP contribution in [0, 0.1) is 0 Å². The Morgan fingerprint density at radius 2 is 1.84 bits per heavy atom. The van der Waals surface area contributed by atoms with E-state index in [1.54, 1.807) is 12.1 Å². The molecule has 0 N–H and O–H groups in total. The molecule has 2 aromatic carbocycles. The lowest BCUT2D eigenvalue weighted by Crippen LogP contribution is -1.95. The Labute approximate surface area is 120 Å². The minimum Gasteiger partial charge on any atom is -0.487 e. The number of hydrogen-bond donors (Lipinski definition) is 0. The molecule has 0 amide bonds. The van der Waals surface area contributed by atoms with Gasteiger partial charge in [-0.2, -0.15) is 4.99 Å². The number of rotatable bonds is 4. The summed E-state index contributed by atoms with van der Waals surface area (Å²) in [5, 5.41) is 0.479. The van der Waals surface area contributed by atoms with Crippen LogP contribution < -0.4 is 4.74 Å². The second-order valence-electron chi connectivity index (χ2n) is 3.69. The molecule has 2 rings (SSSR count). The van der Waals surface area contributed by atoms with Crippen molar-refractivity contribution in [1.29, 1.82) is 0 Å². The monoisotopic (exact) mass is 293 g/mol. The molecule has 0 bridgehead atoms. The smallest absolute Gasteiger partial charge is 0.240 e. The fraction of sp³-hybridized carbons (Fsp3) is 0.0714. The van der Waals surface area contributed by atoms with Crippen molar-refractivity contribution in [2.45, 2.75) is 6.61 Å². The number of carbonyl (C=O) groups excluding carboxylic acids is 1. The van der Waals surface area contributed by atoms with Crippen LogP contribution in [0.2, 0.25) is 10.0 Å². The van der Waals surface area contributed by atoms with Crippen LogP contribution in [-0.2, 0) is 11.4 Å². The average Bonchev–Trinajstić information content (AvgIpc) is 2.44. The normalized spacial score (nSPS) is 9.79. The summed E-state index contributed by atoms with van der Waals surface area (Å²) >= 11 is 12.0. The Kier molecular flexibility index (Phi) is 4.58. The van der Waals surface area contributed by atoms with Gasteiger partial charge in [0.15, 0.2) is 0 Å². The van der Waals surface area contributed by atoms with Crippen molar-refractivity contribution in [3.63, 3.8) is 0 Å². The van der Waals surface area contributed by atoms with E-state index in [1.807, 2.05) is 30.3 Å². The van der Waals surface area contributed by atoms with E-state index in [2.05, 4.69) is 4.99 Å². The summed E-state index contributed by atoms with van der Waals surface area (Å²) in [7, 11) is 0. The van der Waals surface area contributed by atoms with Crippen molar-refractivity contribution in [2.75, 3.05) is 0 Å². The topological polar surface area (TPSA) is 38.7 Å². The maximum absolute atomic E-state index is 10.3. The van der Waals surface area contributed by atoms with E-state index in [9.17, 15) is 4.79 Å². The van der Waals surface area contributed by atoms with E-state index in [0.29, 0.717) is 12.4 Å². The first-order valence-corrected chi connectivity index (χ1v) is 6.20. The second-order valence-corrected chi connectivity index (χ2v) is 4.47. The second kappa shape index (κ2) is 6.39. The fourth-order valence-corrected chi connectivity index (χ4v) is 2.03. The summed E-state index contributed by atoms with van der Waals surface area (Å²) in [5.41, 5.74) is 1.18. The zero-order valence-corrected chi connectivity index (χ0v) is 11.3. The van der Waals surface area contributed by atoms with Crippen molar-refractivity contribution < 1.29 is 9.53 Å². The Hall–Kier alpha value is -1.80. The third-order valence-corrected chi connectivity index (χ3v) is 3.10.